The fraction of sp³-hybridized carbons (Fsp3) is 0.294. The van der Waals surface area contributed by atoms with E-state index in [2.05, 4.69) is 16.0 Å². The predicted octanol–water partition coefficient (Wildman–Crippen LogP) is 2.46. The Bertz CT molecular complexity index is 774. The number of amidine groups is 1. The Balaban J connectivity index is 1.73. The topological polar surface area (TPSA) is 60.5 Å². The lowest BCUT2D eigenvalue weighted by molar-refractivity contribution is 0.0704. The Kier molecular flexibility index (Phi) is 2.89. The van der Waals surface area contributed by atoms with Crippen LogP contribution in [0, 0.1) is 5.82 Å². The van der Waals surface area contributed by atoms with Crippen LogP contribution >= 0.6 is 0 Å². The molecule has 5 heteroatoms. The number of fused-ring (bicyclic) bond motifs is 1. The lowest BCUT2D eigenvalue weighted by atomic mass is 9.78. The monoisotopic (exact) mass is 297 g/mol. The van der Waals surface area contributed by atoms with E-state index in [-0.39, 0.29) is 17.4 Å². The van der Waals surface area contributed by atoms with Gasteiger partial charge in [0.05, 0.1) is 12.7 Å². The van der Waals surface area contributed by atoms with Gasteiger partial charge in [0.2, 0.25) is 0 Å². The number of hydrogen-bond acceptors (Lipinski definition) is 4. The van der Waals surface area contributed by atoms with Gasteiger partial charge in [-0.1, -0.05) is 18.2 Å². The van der Waals surface area contributed by atoms with E-state index >= 15 is 0 Å². The largest absolute Gasteiger partial charge is 0.456 e. The van der Waals surface area contributed by atoms with Crippen LogP contribution in [0.25, 0.3) is 11.1 Å². The van der Waals surface area contributed by atoms with Gasteiger partial charge in [-0.2, -0.15) is 0 Å². The molecular formula is C17H16FN3O. The minimum atomic E-state index is -0.317. The number of nitrogens with zero attached hydrogens (tertiary/aromatic N) is 2. The molecule has 0 saturated carbocycles. The molecule has 2 heterocycles. The molecule has 22 heavy (non-hydrogen) atoms. The fourth-order valence-corrected chi connectivity index (χ4v) is 3.44. The summed E-state index contributed by atoms with van der Waals surface area (Å²) < 4.78 is 19.2. The normalized spacial score (nSPS) is 23.0. The maximum Gasteiger partial charge on any atom is 0.282 e. The first-order valence-corrected chi connectivity index (χ1v) is 7.36. The van der Waals surface area contributed by atoms with Crippen LogP contribution in [-0.2, 0) is 17.6 Å². The summed E-state index contributed by atoms with van der Waals surface area (Å²) >= 11 is 0. The Morgan fingerprint density at radius 3 is 2.95 bits per heavy atom. The Morgan fingerprint density at radius 1 is 1.27 bits per heavy atom. The third-order valence-electron chi connectivity index (χ3n) is 4.48. The maximum atomic E-state index is 13.5. The van der Waals surface area contributed by atoms with Crippen molar-refractivity contribution in [3.05, 3.63) is 53.6 Å². The highest BCUT2D eigenvalue weighted by Crippen LogP contribution is 2.38. The zero-order valence-electron chi connectivity index (χ0n) is 12.1. The van der Waals surface area contributed by atoms with Gasteiger partial charge in [0, 0.05) is 18.2 Å². The molecule has 2 aromatic rings. The number of ether oxygens (including phenoxy) is 1. The summed E-state index contributed by atoms with van der Waals surface area (Å²) in [4.78, 5) is 8.15. The van der Waals surface area contributed by atoms with E-state index in [1.54, 1.807) is 6.20 Å². The predicted molar refractivity (Wildman–Crippen MR) is 82.0 cm³/mol. The Labute approximate surface area is 127 Å². The fourth-order valence-electron chi connectivity index (χ4n) is 3.44. The van der Waals surface area contributed by atoms with E-state index in [4.69, 9.17) is 10.5 Å². The molecule has 0 bridgehead atoms. The van der Waals surface area contributed by atoms with Crippen molar-refractivity contribution in [2.75, 3.05) is 6.54 Å². The summed E-state index contributed by atoms with van der Waals surface area (Å²) in [5.41, 5.74) is 9.71. The minimum absolute atomic E-state index is 0.286. The van der Waals surface area contributed by atoms with Crippen LogP contribution in [0.5, 0.6) is 0 Å². The number of rotatable bonds is 1. The molecule has 4 rings (SSSR count). The van der Waals surface area contributed by atoms with E-state index in [9.17, 15) is 4.39 Å². The van der Waals surface area contributed by atoms with Crippen LogP contribution in [0.4, 0.5) is 4.39 Å². The summed E-state index contributed by atoms with van der Waals surface area (Å²) in [5.74, 6) is -0.317. The maximum absolute atomic E-state index is 13.5. The van der Waals surface area contributed by atoms with Gasteiger partial charge < -0.3 is 10.5 Å². The molecule has 1 aliphatic heterocycles. The molecule has 1 spiro atoms. The summed E-state index contributed by atoms with van der Waals surface area (Å²) in [5, 5.41) is 0. The second kappa shape index (κ2) is 4.80. The molecule has 1 aromatic heterocycles. The molecule has 0 amide bonds. The number of hydrogen-bond donors (Lipinski definition) is 1. The van der Waals surface area contributed by atoms with Crippen molar-refractivity contribution >= 4 is 6.02 Å². The summed E-state index contributed by atoms with van der Waals surface area (Å²) in [6.45, 7) is 0.615. The van der Waals surface area contributed by atoms with Crippen LogP contribution < -0.4 is 5.73 Å². The van der Waals surface area contributed by atoms with E-state index in [1.165, 1.54) is 23.4 Å². The van der Waals surface area contributed by atoms with Gasteiger partial charge in [0.25, 0.3) is 6.02 Å². The second-order valence-corrected chi connectivity index (χ2v) is 5.95. The van der Waals surface area contributed by atoms with Crippen molar-refractivity contribution in [1.29, 1.82) is 0 Å². The number of pyridine rings is 1. The van der Waals surface area contributed by atoms with Crippen molar-refractivity contribution in [1.82, 2.24) is 4.98 Å². The number of aliphatic imine (C=N–C) groups is 1. The zero-order valence-corrected chi connectivity index (χ0v) is 12.1. The number of benzene rings is 1. The standard InChI is InChI=1S/C17H16FN3O/c18-13-6-12(8-20-9-13)14-3-1-2-11-7-17(5-4-15(11)14)10-21-16(19)22-17/h1-3,6,8-9H,4-5,7,10H2,(H2,19,21). The molecule has 2 aliphatic rings. The average Bonchev–Trinajstić information content (AvgIpc) is 2.87. The van der Waals surface area contributed by atoms with Crippen LogP contribution in [0.3, 0.4) is 0 Å². The van der Waals surface area contributed by atoms with Crippen molar-refractivity contribution in [2.24, 2.45) is 10.7 Å². The lowest BCUT2D eigenvalue weighted by Gasteiger charge is -2.34. The zero-order chi connectivity index (χ0) is 15.2. The summed E-state index contributed by atoms with van der Waals surface area (Å²) in [7, 11) is 0. The molecule has 2 N–H and O–H groups in total. The van der Waals surface area contributed by atoms with Crippen molar-refractivity contribution < 1.29 is 9.13 Å². The number of halogens is 1. The molecule has 1 aliphatic carbocycles. The van der Waals surface area contributed by atoms with E-state index in [0.29, 0.717) is 6.54 Å². The molecule has 1 unspecified atom stereocenters. The van der Waals surface area contributed by atoms with Crippen molar-refractivity contribution in [3.8, 4) is 11.1 Å². The average molecular weight is 297 g/mol. The highest BCUT2D eigenvalue weighted by Gasteiger charge is 2.40. The Morgan fingerprint density at radius 2 is 2.18 bits per heavy atom. The van der Waals surface area contributed by atoms with E-state index in [1.807, 2.05) is 12.1 Å². The van der Waals surface area contributed by atoms with Crippen LogP contribution in [0.2, 0.25) is 0 Å². The Hall–Kier alpha value is -2.43. The third-order valence-corrected chi connectivity index (χ3v) is 4.48. The molecule has 1 atom stereocenters. The van der Waals surface area contributed by atoms with Gasteiger partial charge in [-0.15, -0.1) is 0 Å². The van der Waals surface area contributed by atoms with Crippen molar-refractivity contribution in [3.63, 3.8) is 0 Å². The summed E-state index contributed by atoms with van der Waals surface area (Å²) in [6.07, 6.45) is 5.44. The summed E-state index contributed by atoms with van der Waals surface area (Å²) in [6, 6.07) is 7.93. The van der Waals surface area contributed by atoms with Gasteiger partial charge in [-0.05, 0) is 35.6 Å². The van der Waals surface area contributed by atoms with Crippen LogP contribution in [-0.4, -0.2) is 23.2 Å². The van der Waals surface area contributed by atoms with Gasteiger partial charge in [-0.25, -0.2) is 9.38 Å². The van der Waals surface area contributed by atoms with E-state index < -0.39 is 0 Å². The van der Waals surface area contributed by atoms with Gasteiger partial charge in [0.15, 0.2) is 0 Å². The highest BCUT2D eigenvalue weighted by atomic mass is 19.1. The number of aromatic nitrogens is 1. The first-order valence-electron chi connectivity index (χ1n) is 7.36. The van der Waals surface area contributed by atoms with Crippen LogP contribution in [0.15, 0.2) is 41.7 Å². The number of nitrogens with two attached hydrogens (primary N) is 1. The lowest BCUT2D eigenvalue weighted by Crippen LogP contribution is -2.40. The smallest absolute Gasteiger partial charge is 0.282 e. The highest BCUT2D eigenvalue weighted by molar-refractivity contribution is 5.74. The molecule has 0 saturated heterocycles. The SMILES string of the molecule is NC1=NCC2(CCc3c(cccc3-c3cncc(F)c3)C2)O1. The second-order valence-electron chi connectivity index (χ2n) is 5.95. The molecule has 0 radical (unpaired) electrons. The molecular weight excluding hydrogens is 281 g/mol. The van der Waals surface area contributed by atoms with E-state index in [0.717, 1.165) is 30.4 Å². The van der Waals surface area contributed by atoms with Gasteiger partial charge in [-0.3, -0.25) is 4.98 Å². The first kappa shape index (κ1) is 13.2. The van der Waals surface area contributed by atoms with Gasteiger partial charge in [0.1, 0.15) is 11.4 Å². The van der Waals surface area contributed by atoms with Gasteiger partial charge >= 0.3 is 0 Å². The molecule has 4 nitrogen and oxygen atoms in total. The van der Waals surface area contributed by atoms with Crippen LogP contribution in [0.1, 0.15) is 17.5 Å². The molecule has 0 fully saturated rings. The molecule has 112 valence electrons. The molecule has 1 aromatic carbocycles. The van der Waals surface area contributed by atoms with Crippen molar-refractivity contribution in [2.45, 2.75) is 24.9 Å². The minimum Gasteiger partial charge on any atom is -0.456 e. The first-order chi connectivity index (χ1) is 10.7. The third kappa shape index (κ3) is 2.13. The quantitative estimate of drug-likeness (QED) is 0.879.